The number of unbranched alkanes of at least 4 members (excludes halogenated alkanes) is 5. The first-order valence-corrected chi connectivity index (χ1v) is 8.07. The molecule has 0 aliphatic rings. The van der Waals surface area contributed by atoms with E-state index >= 15 is 0 Å². The Labute approximate surface area is 140 Å². The van der Waals surface area contributed by atoms with Crippen LogP contribution < -0.4 is 9.84 Å². The summed E-state index contributed by atoms with van der Waals surface area (Å²) in [4.78, 5) is 10.8. The number of allylic oxidation sites excluding steroid dienone is 1. The van der Waals surface area contributed by atoms with Crippen molar-refractivity contribution in [2.75, 3.05) is 6.61 Å². The van der Waals surface area contributed by atoms with Crippen LogP contribution in [0.25, 0.3) is 5.76 Å². The number of rotatable bonds is 10. The van der Waals surface area contributed by atoms with Crippen molar-refractivity contribution < 1.29 is 27.8 Å². The molecule has 0 aliphatic carbocycles. The Hall–Kier alpha value is -1.98. The maximum Gasteiger partial charge on any atom is 0.454 e. The molecular weight excluding hydrogens is 321 g/mol. The van der Waals surface area contributed by atoms with Gasteiger partial charge in [0.15, 0.2) is 0 Å². The molecule has 0 aliphatic heterocycles. The van der Waals surface area contributed by atoms with Crippen molar-refractivity contribution in [1.82, 2.24) is 0 Å². The van der Waals surface area contributed by atoms with Crippen LogP contribution in [0.3, 0.4) is 0 Å². The molecule has 1 rings (SSSR count). The minimum atomic E-state index is -5.03. The molecule has 0 saturated heterocycles. The Morgan fingerprint density at radius 1 is 1.08 bits per heavy atom. The molecule has 1 aromatic carbocycles. The number of alkyl halides is 3. The molecule has 134 valence electrons. The highest BCUT2D eigenvalue weighted by Crippen LogP contribution is 2.20. The van der Waals surface area contributed by atoms with Crippen LogP contribution in [0.2, 0.25) is 0 Å². The van der Waals surface area contributed by atoms with E-state index in [2.05, 4.69) is 6.92 Å². The Morgan fingerprint density at radius 3 is 2.25 bits per heavy atom. The Bertz CT molecular complexity index is 533. The van der Waals surface area contributed by atoms with Crippen molar-refractivity contribution in [2.45, 2.75) is 51.6 Å². The molecule has 0 atom stereocenters. The monoisotopic (exact) mass is 343 g/mol. The van der Waals surface area contributed by atoms with Gasteiger partial charge in [0.05, 0.1) is 6.61 Å². The van der Waals surface area contributed by atoms with Gasteiger partial charge in [-0.05, 0) is 30.2 Å². The zero-order valence-corrected chi connectivity index (χ0v) is 13.7. The number of benzene rings is 1. The number of ether oxygens (including phenoxy) is 1. The number of halogens is 3. The lowest BCUT2D eigenvalue weighted by Gasteiger charge is -2.13. The molecule has 0 fully saturated rings. The molecule has 0 spiro atoms. The van der Waals surface area contributed by atoms with Gasteiger partial charge in [-0.15, -0.1) is 0 Å². The second kappa shape index (κ2) is 10.0. The summed E-state index contributed by atoms with van der Waals surface area (Å²) in [5, 5.41) is 11.6. The van der Waals surface area contributed by atoms with E-state index < -0.39 is 17.7 Å². The Kier molecular flexibility index (Phi) is 8.36. The van der Waals surface area contributed by atoms with Gasteiger partial charge in [-0.2, -0.15) is 13.2 Å². The van der Waals surface area contributed by atoms with Gasteiger partial charge in [0.1, 0.15) is 5.75 Å². The standard InChI is InChI=1S/C18H23F3O3/c1-2-3-4-5-6-7-12-24-15-10-8-14(9-11-15)16(22)13-17(23)18(19,20)21/h8-11,13,22H,2-7,12H2,1H3/p-1. The highest BCUT2D eigenvalue weighted by Gasteiger charge is 2.36. The van der Waals surface area contributed by atoms with Crippen molar-refractivity contribution in [3.8, 4) is 5.75 Å². The van der Waals surface area contributed by atoms with Gasteiger partial charge < -0.3 is 9.84 Å². The lowest BCUT2D eigenvalue weighted by atomic mass is 10.1. The number of carbonyl (C=O) groups excluding carboxylic acids is 1. The van der Waals surface area contributed by atoms with E-state index in [1.165, 1.54) is 49.9 Å². The number of hydrogen-bond donors (Lipinski definition) is 0. The van der Waals surface area contributed by atoms with Crippen LogP contribution >= 0.6 is 0 Å². The van der Waals surface area contributed by atoms with Gasteiger partial charge >= 0.3 is 6.18 Å². The van der Waals surface area contributed by atoms with Crippen molar-refractivity contribution >= 4 is 11.5 Å². The third-order valence-corrected chi connectivity index (χ3v) is 3.45. The van der Waals surface area contributed by atoms with Crippen molar-refractivity contribution in [2.24, 2.45) is 0 Å². The van der Waals surface area contributed by atoms with Crippen LogP contribution in [-0.4, -0.2) is 18.6 Å². The van der Waals surface area contributed by atoms with Crippen LogP contribution in [0.4, 0.5) is 13.2 Å². The summed E-state index contributed by atoms with van der Waals surface area (Å²) in [6, 6.07) is 5.71. The Morgan fingerprint density at radius 2 is 1.67 bits per heavy atom. The van der Waals surface area contributed by atoms with Gasteiger partial charge in [0.2, 0.25) is 0 Å². The van der Waals surface area contributed by atoms with E-state index in [1.54, 1.807) is 0 Å². The molecule has 0 saturated carbocycles. The molecule has 0 unspecified atom stereocenters. The molecule has 0 aromatic heterocycles. The smallest absolute Gasteiger partial charge is 0.454 e. The van der Waals surface area contributed by atoms with Crippen LogP contribution in [0.1, 0.15) is 51.0 Å². The second-order valence-electron chi connectivity index (χ2n) is 5.51. The average Bonchev–Trinajstić information content (AvgIpc) is 2.53. The van der Waals surface area contributed by atoms with E-state index in [0.29, 0.717) is 12.4 Å². The summed E-state index contributed by atoms with van der Waals surface area (Å²) in [6.45, 7) is 2.71. The molecule has 0 N–H and O–H groups in total. The van der Waals surface area contributed by atoms with Gasteiger partial charge in [-0.1, -0.05) is 56.9 Å². The minimum Gasteiger partial charge on any atom is -0.872 e. The quantitative estimate of drug-likeness (QED) is 0.362. The molecule has 3 nitrogen and oxygen atoms in total. The normalized spacial score (nSPS) is 12.2. The van der Waals surface area contributed by atoms with E-state index in [4.69, 9.17) is 4.74 Å². The van der Waals surface area contributed by atoms with E-state index in [-0.39, 0.29) is 11.6 Å². The van der Waals surface area contributed by atoms with Crippen molar-refractivity contribution in [1.29, 1.82) is 0 Å². The van der Waals surface area contributed by atoms with Gasteiger partial charge in [0, 0.05) is 0 Å². The van der Waals surface area contributed by atoms with Gasteiger partial charge in [-0.25, -0.2) is 0 Å². The third-order valence-electron chi connectivity index (χ3n) is 3.45. The first-order chi connectivity index (χ1) is 11.3. The summed E-state index contributed by atoms with van der Waals surface area (Å²) < 4.78 is 41.8. The Balaban J connectivity index is 2.43. The maximum atomic E-state index is 12.1. The summed E-state index contributed by atoms with van der Waals surface area (Å²) in [7, 11) is 0. The topological polar surface area (TPSA) is 49.4 Å². The summed E-state index contributed by atoms with van der Waals surface area (Å²) in [6.07, 6.45) is 1.89. The lowest BCUT2D eigenvalue weighted by molar-refractivity contribution is -0.244. The van der Waals surface area contributed by atoms with Gasteiger partial charge in [-0.3, -0.25) is 4.79 Å². The van der Waals surface area contributed by atoms with Crippen molar-refractivity contribution in [3.63, 3.8) is 0 Å². The zero-order chi connectivity index (χ0) is 18.0. The van der Waals surface area contributed by atoms with Crippen LogP contribution in [0.5, 0.6) is 5.75 Å². The van der Waals surface area contributed by atoms with Crippen LogP contribution in [0, 0.1) is 0 Å². The molecular formula is C18H22F3O3-. The summed E-state index contributed by atoms with van der Waals surface area (Å²) in [5.41, 5.74) is 0.0134. The van der Waals surface area contributed by atoms with Gasteiger partial charge in [0.25, 0.3) is 5.78 Å². The second-order valence-corrected chi connectivity index (χ2v) is 5.51. The number of ketones is 1. The molecule has 1 aromatic rings. The largest absolute Gasteiger partial charge is 0.872 e. The maximum absolute atomic E-state index is 12.1. The highest BCUT2D eigenvalue weighted by atomic mass is 19.4. The number of carbonyl (C=O) groups is 1. The SMILES string of the molecule is CCCCCCCCOc1ccc(C([O-])=CC(=O)C(F)(F)F)cc1. The fourth-order valence-electron chi connectivity index (χ4n) is 2.07. The third kappa shape index (κ3) is 7.53. The summed E-state index contributed by atoms with van der Waals surface area (Å²) >= 11 is 0. The van der Waals surface area contributed by atoms with E-state index in [9.17, 15) is 23.1 Å². The highest BCUT2D eigenvalue weighted by molar-refractivity contribution is 5.98. The zero-order valence-electron chi connectivity index (χ0n) is 13.7. The van der Waals surface area contributed by atoms with Crippen LogP contribution in [-0.2, 0) is 4.79 Å². The predicted octanol–water partition coefficient (Wildman–Crippen LogP) is 4.26. The summed E-state index contributed by atoms with van der Waals surface area (Å²) in [5.74, 6) is -2.59. The molecule has 0 radical (unpaired) electrons. The van der Waals surface area contributed by atoms with Crippen molar-refractivity contribution in [3.05, 3.63) is 35.9 Å². The van der Waals surface area contributed by atoms with E-state index in [1.807, 2.05) is 0 Å². The predicted molar refractivity (Wildman–Crippen MR) is 84.4 cm³/mol. The molecule has 24 heavy (non-hydrogen) atoms. The van der Waals surface area contributed by atoms with E-state index in [0.717, 1.165) is 12.8 Å². The van der Waals surface area contributed by atoms with Crippen LogP contribution in [0.15, 0.2) is 30.3 Å². The first-order valence-electron chi connectivity index (χ1n) is 8.07. The molecule has 6 heteroatoms. The fraction of sp³-hybridized carbons (Fsp3) is 0.500. The lowest BCUT2D eigenvalue weighted by Crippen LogP contribution is -2.21. The average molecular weight is 343 g/mol. The fourth-order valence-corrected chi connectivity index (χ4v) is 2.07. The number of hydrogen-bond acceptors (Lipinski definition) is 3. The molecule has 0 amide bonds. The minimum absolute atomic E-state index is 0.0134. The first kappa shape index (κ1) is 20.1. The molecule has 0 heterocycles. The molecule has 0 bridgehead atoms.